The molecule has 0 bridgehead atoms. The van der Waals surface area contributed by atoms with Crippen molar-refractivity contribution in [3.63, 3.8) is 0 Å². The SMILES string of the molecule is CCc1cc(C)cc(C(=O)NN)c1O. The molecule has 76 valence electrons. The van der Waals surface area contributed by atoms with Crippen LogP contribution in [0.5, 0.6) is 5.75 Å². The maximum atomic E-state index is 11.3. The van der Waals surface area contributed by atoms with E-state index < -0.39 is 5.91 Å². The van der Waals surface area contributed by atoms with Gasteiger partial charge in [0.2, 0.25) is 0 Å². The van der Waals surface area contributed by atoms with Gasteiger partial charge in [-0.15, -0.1) is 0 Å². The number of hydrazine groups is 1. The molecule has 0 unspecified atom stereocenters. The van der Waals surface area contributed by atoms with E-state index in [-0.39, 0.29) is 11.3 Å². The van der Waals surface area contributed by atoms with E-state index in [4.69, 9.17) is 5.84 Å². The molecule has 0 aliphatic heterocycles. The van der Waals surface area contributed by atoms with Crippen molar-refractivity contribution in [1.82, 2.24) is 5.43 Å². The standard InChI is InChI=1S/C10H14N2O2/c1-3-7-4-6(2)5-8(9(7)13)10(14)12-11/h4-5,13H,3,11H2,1-2H3,(H,12,14). The fourth-order valence-corrected chi connectivity index (χ4v) is 1.37. The minimum atomic E-state index is -0.471. The molecule has 0 atom stereocenters. The van der Waals surface area contributed by atoms with Crippen LogP contribution in [0.3, 0.4) is 0 Å². The Balaban J connectivity index is 3.29. The maximum absolute atomic E-state index is 11.3. The lowest BCUT2D eigenvalue weighted by Gasteiger charge is -2.08. The zero-order chi connectivity index (χ0) is 10.7. The number of nitrogen functional groups attached to an aromatic ring is 1. The van der Waals surface area contributed by atoms with Crippen LogP contribution >= 0.6 is 0 Å². The fraction of sp³-hybridized carbons (Fsp3) is 0.300. The van der Waals surface area contributed by atoms with Crippen LogP contribution in [0.15, 0.2) is 12.1 Å². The summed E-state index contributed by atoms with van der Waals surface area (Å²) in [7, 11) is 0. The van der Waals surface area contributed by atoms with Crippen molar-refractivity contribution >= 4 is 5.91 Å². The van der Waals surface area contributed by atoms with Crippen LogP contribution in [0.2, 0.25) is 0 Å². The van der Waals surface area contributed by atoms with Gasteiger partial charge in [0.15, 0.2) is 0 Å². The number of aryl methyl sites for hydroxylation is 2. The molecule has 1 amide bonds. The molecule has 0 aliphatic rings. The molecule has 0 aliphatic carbocycles. The third-order valence-corrected chi connectivity index (χ3v) is 2.09. The summed E-state index contributed by atoms with van der Waals surface area (Å²) >= 11 is 0. The molecule has 4 nitrogen and oxygen atoms in total. The number of phenols is 1. The minimum Gasteiger partial charge on any atom is -0.507 e. The van der Waals surface area contributed by atoms with E-state index in [0.29, 0.717) is 6.42 Å². The second kappa shape index (κ2) is 4.11. The molecule has 0 aromatic heterocycles. The Bertz CT molecular complexity index is 361. The number of benzene rings is 1. The summed E-state index contributed by atoms with van der Waals surface area (Å²) in [5, 5.41) is 9.70. The number of phenolic OH excluding ortho intramolecular Hbond substituents is 1. The average Bonchev–Trinajstić information content (AvgIpc) is 2.19. The first-order valence-corrected chi connectivity index (χ1v) is 4.43. The number of carbonyl (C=O) groups excluding carboxylic acids is 1. The van der Waals surface area contributed by atoms with Gasteiger partial charge in [-0.2, -0.15) is 0 Å². The predicted molar refractivity (Wildman–Crippen MR) is 53.9 cm³/mol. The first-order valence-electron chi connectivity index (χ1n) is 4.43. The van der Waals surface area contributed by atoms with Gasteiger partial charge >= 0.3 is 0 Å². The van der Waals surface area contributed by atoms with Gasteiger partial charge < -0.3 is 5.11 Å². The lowest BCUT2D eigenvalue weighted by molar-refractivity contribution is 0.0950. The Kier molecular flexibility index (Phi) is 3.09. The highest BCUT2D eigenvalue weighted by Gasteiger charge is 2.13. The van der Waals surface area contributed by atoms with Crippen LogP contribution in [-0.2, 0) is 6.42 Å². The van der Waals surface area contributed by atoms with Crippen LogP contribution in [0, 0.1) is 6.92 Å². The number of amides is 1. The number of nitrogens with two attached hydrogens (primary N) is 1. The molecule has 1 rings (SSSR count). The molecule has 0 saturated carbocycles. The number of hydrogen-bond donors (Lipinski definition) is 3. The van der Waals surface area contributed by atoms with E-state index in [9.17, 15) is 9.90 Å². The quantitative estimate of drug-likeness (QED) is 0.371. The number of hydrogen-bond acceptors (Lipinski definition) is 3. The summed E-state index contributed by atoms with van der Waals surface area (Å²) in [4.78, 5) is 11.3. The normalized spacial score (nSPS) is 9.93. The Morgan fingerprint density at radius 2 is 2.21 bits per heavy atom. The molecule has 0 radical (unpaired) electrons. The predicted octanol–water partition coefficient (Wildman–Crippen LogP) is 0.867. The van der Waals surface area contributed by atoms with E-state index in [2.05, 4.69) is 0 Å². The average molecular weight is 194 g/mol. The molecule has 4 N–H and O–H groups in total. The summed E-state index contributed by atoms with van der Waals surface area (Å²) in [6.45, 7) is 3.78. The summed E-state index contributed by atoms with van der Waals surface area (Å²) in [6.07, 6.45) is 0.679. The van der Waals surface area contributed by atoms with Gasteiger partial charge in [0.25, 0.3) is 5.91 Å². The molecule has 0 saturated heterocycles. The van der Waals surface area contributed by atoms with Gasteiger partial charge in [0.1, 0.15) is 5.75 Å². The zero-order valence-corrected chi connectivity index (χ0v) is 8.29. The van der Waals surface area contributed by atoms with E-state index in [1.807, 2.05) is 25.3 Å². The lowest BCUT2D eigenvalue weighted by Crippen LogP contribution is -2.30. The first-order chi connectivity index (χ1) is 6.60. The third-order valence-electron chi connectivity index (χ3n) is 2.09. The number of aromatic hydroxyl groups is 1. The molecule has 1 aromatic carbocycles. The highest BCUT2D eigenvalue weighted by Crippen LogP contribution is 2.24. The van der Waals surface area contributed by atoms with E-state index in [1.54, 1.807) is 6.07 Å². The summed E-state index contributed by atoms with van der Waals surface area (Å²) in [6, 6.07) is 3.46. The lowest BCUT2D eigenvalue weighted by atomic mass is 10.0. The Labute approximate surface area is 82.7 Å². The number of nitrogens with one attached hydrogen (secondary N) is 1. The molecule has 0 spiro atoms. The highest BCUT2D eigenvalue weighted by molar-refractivity contribution is 5.97. The highest BCUT2D eigenvalue weighted by atomic mass is 16.3. The van der Waals surface area contributed by atoms with Crippen molar-refractivity contribution in [3.05, 3.63) is 28.8 Å². The second-order valence-corrected chi connectivity index (χ2v) is 3.15. The van der Waals surface area contributed by atoms with Gasteiger partial charge in [-0.3, -0.25) is 10.2 Å². The van der Waals surface area contributed by atoms with Crippen molar-refractivity contribution in [2.24, 2.45) is 5.84 Å². The molecule has 4 heteroatoms. The maximum Gasteiger partial charge on any atom is 0.268 e. The van der Waals surface area contributed by atoms with Crippen LogP contribution < -0.4 is 11.3 Å². The summed E-state index contributed by atoms with van der Waals surface area (Å²) in [5.74, 6) is 4.55. The summed E-state index contributed by atoms with van der Waals surface area (Å²) in [5.41, 5.74) is 3.91. The fourth-order valence-electron chi connectivity index (χ4n) is 1.37. The van der Waals surface area contributed by atoms with Crippen molar-refractivity contribution in [2.75, 3.05) is 0 Å². The largest absolute Gasteiger partial charge is 0.507 e. The van der Waals surface area contributed by atoms with Crippen molar-refractivity contribution in [3.8, 4) is 5.75 Å². The zero-order valence-electron chi connectivity index (χ0n) is 8.29. The Morgan fingerprint density at radius 3 is 2.71 bits per heavy atom. The van der Waals surface area contributed by atoms with E-state index in [1.165, 1.54) is 0 Å². The van der Waals surface area contributed by atoms with Crippen molar-refractivity contribution < 1.29 is 9.90 Å². The van der Waals surface area contributed by atoms with Gasteiger partial charge in [0.05, 0.1) is 5.56 Å². The Hall–Kier alpha value is -1.55. The summed E-state index contributed by atoms with van der Waals surface area (Å²) < 4.78 is 0. The molecule has 0 fully saturated rings. The van der Waals surface area contributed by atoms with Crippen LogP contribution in [0.1, 0.15) is 28.4 Å². The number of carbonyl (C=O) groups is 1. The van der Waals surface area contributed by atoms with Crippen LogP contribution in [0.4, 0.5) is 0 Å². The van der Waals surface area contributed by atoms with Crippen LogP contribution in [-0.4, -0.2) is 11.0 Å². The van der Waals surface area contributed by atoms with Gasteiger partial charge in [-0.1, -0.05) is 13.0 Å². The Morgan fingerprint density at radius 1 is 1.57 bits per heavy atom. The molecule has 1 aromatic rings. The van der Waals surface area contributed by atoms with Gasteiger partial charge in [0, 0.05) is 0 Å². The minimum absolute atomic E-state index is 0.0149. The third kappa shape index (κ3) is 1.85. The smallest absolute Gasteiger partial charge is 0.268 e. The van der Waals surface area contributed by atoms with Gasteiger partial charge in [-0.05, 0) is 30.5 Å². The van der Waals surface area contributed by atoms with Crippen molar-refractivity contribution in [1.29, 1.82) is 0 Å². The molecule has 14 heavy (non-hydrogen) atoms. The van der Waals surface area contributed by atoms with E-state index in [0.717, 1.165) is 11.1 Å². The molecular weight excluding hydrogens is 180 g/mol. The van der Waals surface area contributed by atoms with Crippen LogP contribution in [0.25, 0.3) is 0 Å². The van der Waals surface area contributed by atoms with E-state index >= 15 is 0 Å². The monoisotopic (exact) mass is 194 g/mol. The number of rotatable bonds is 2. The molecule has 0 heterocycles. The molecular formula is C10H14N2O2. The van der Waals surface area contributed by atoms with Gasteiger partial charge in [-0.25, -0.2) is 5.84 Å². The van der Waals surface area contributed by atoms with Crippen molar-refractivity contribution in [2.45, 2.75) is 20.3 Å². The second-order valence-electron chi connectivity index (χ2n) is 3.15. The topological polar surface area (TPSA) is 75.4 Å². The first kappa shape index (κ1) is 10.5.